The predicted octanol–water partition coefficient (Wildman–Crippen LogP) is 4.42. The van der Waals surface area contributed by atoms with Gasteiger partial charge in [0.2, 0.25) is 5.91 Å². The van der Waals surface area contributed by atoms with E-state index in [1.807, 2.05) is 6.07 Å². The number of carbonyl (C=O) groups excluding carboxylic acids is 1. The molecule has 1 aliphatic rings. The van der Waals surface area contributed by atoms with E-state index in [4.69, 9.17) is 33.0 Å². The van der Waals surface area contributed by atoms with Gasteiger partial charge >= 0.3 is 5.97 Å². The molecule has 3 rings (SSSR count). The molecular formula is C20H21Cl3N2O4. The van der Waals surface area contributed by atoms with E-state index in [0.717, 1.165) is 5.56 Å². The summed E-state index contributed by atoms with van der Waals surface area (Å²) in [4.78, 5) is 23.7. The molecule has 9 heteroatoms. The van der Waals surface area contributed by atoms with Crippen LogP contribution < -0.4 is 10.6 Å². The monoisotopic (exact) mass is 458 g/mol. The average molecular weight is 460 g/mol. The minimum Gasteiger partial charge on any atom is -0.478 e. The molecule has 0 spiro atoms. The second-order valence-electron chi connectivity index (χ2n) is 6.57. The number of ether oxygens (including phenoxy) is 1. The van der Waals surface area contributed by atoms with Gasteiger partial charge in [-0.1, -0.05) is 35.3 Å². The van der Waals surface area contributed by atoms with E-state index in [9.17, 15) is 9.59 Å². The maximum Gasteiger partial charge on any atom is 0.335 e. The summed E-state index contributed by atoms with van der Waals surface area (Å²) < 4.78 is 5.98. The Morgan fingerprint density at radius 1 is 1.17 bits per heavy atom. The molecule has 29 heavy (non-hydrogen) atoms. The van der Waals surface area contributed by atoms with E-state index in [-0.39, 0.29) is 42.3 Å². The van der Waals surface area contributed by atoms with Crippen molar-refractivity contribution in [3.63, 3.8) is 0 Å². The Morgan fingerprint density at radius 2 is 1.97 bits per heavy atom. The zero-order valence-electron chi connectivity index (χ0n) is 15.4. The van der Waals surface area contributed by atoms with Crippen LogP contribution in [0.4, 0.5) is 5.69 Å². The van der Waals surface area contributed by atoms with Crippen LogP contribution in [-0.2, 0) is 9.53 Å². The molecule has 0 saturated carbocycles. The Balaban J connectivity index is 0.00000300. The molecule has 0 radical (unpaired) electrons. The van der Waals surface area contributed by atoms with Crippen LogP contribution in [0.1, 0.15) is 28.4 Å². The third kappa shape index (κ3) is 6.32. The Kier molecular flexibility index (Phi) is 8.74. The van der Waals surface area contributed by atoms with E-state index < -0.39 is 5.97 Å². The summed E-state index contributed by atoms with van der Waals surface area (Å²) in [5.41, 5.74) is 1.42. The lowest BCUT2D eigenvalue weighted by atomic mass is 9.92. The van der Waals surface area contributed by atoms with Gasteiger partial charge in [-0.15, -0.1) is 12.4 Å². The largest absolute Gasteiger partial charge is 0.478 e. The van der Waals surface area contributed by atoms with Gasteiger partial charge in [-0.3, -0.25) is 4.79 Å². The first-order valence-corrected chi connectivity index (χ1v) is 9.60. The number of hydrogen-bond acceptors (Lipinski definition) is 4. The minimum atomic E-state index is -1.04. The number of halogens is 3. The number of carboxylic acid groups (broad SMARTS) is 1. The Hall–Kier alpha value is -1.83. The number of rotatable bonds is 5. The summed E-state index contributed by atoms with van der Waals surface area (Å²) in [5, 5.41) is 16.0. The Labute approximate surface area is 184 Å². The zero-order chi connectivity index (χ0) is 20.1. The maximum absolute atomic E-state index is 12.6. The second-order valence-corrected chi connectivity index (χ2v) is 7.38. The fourth-order valence-electron chi connectivity index (χ4n) is 3.21. The van der Waals surface area contributed by atoms with Crippen molar-refractivity contribution in [1.29, 1.82) is 0 Å². The van der Waals surface area contributed by atoms with Crippen molar-refractivity contribution in [2.24, 2.45) is 5.92 Å². The molecule has 0 bridgehead atoms. The summed E-state index contributed by atoms with van der Waals surface area (Å²) in [6.07, 6.45) is -0.101. The van der Waals surface area contributed by atoms with E-state index in [0.29, 0.717) is 35.4 Å². The highest BCUT2D eigenvalue weighted by molar-refractivity contribution is 6.42. The first kappa shape index (κ1) is 23.4. The van der Waals surface area contributed by atoms with E-state index in [2.05, 4.69) is 10.6 Å². The topological polar surface area (TPSA) is 87.7 Å². The Morgan fingerprint density at radius 3 is 2.69 bits per heavy atom. The first-order chi connectivity index (χ1) is 13.4. The molecule has 2 aromatic carbocycles. The van der Waals surface area contributed by atoms with E-state index >= 15 is 0 Å². The van der Waals surface area contributed by atoms with E-state index in [1.54, 1.807) is 24.3 Å². The van der Waals surface area contributed by atoms with Crippen molar-refractivity contribution < 1.29 is 19.4 Å². The van der Waals surface area contributed by atoms with Crippen molar-refractivity contribution in [3.05, 3.63) is 63.6 Å². The van der Waals surface area contributed by atoms with Crippen LogP contribution in [0.25, 0.3) is 0 Å². The normalized spacial score (nSPS) is 19.0. The molecule has 1 heterocycles. The lowest BCUT2D eigenvalue weighted by Crippen LogP contribution is -2.28. The second kappa shape index (κ2) is 10.8. The molecule has 3 N–H and O–H groups in total. The number of carboxylic acids is 1. The summed E-state index contributed by atoms with van der Waals surface area (Å²) in [6.45, 7) is 1.81. The van der Waals surface area contributed by atoms with Crippen LogP contribution >= 0.6 is 35.6 Å². The molecule has 1 saturated heterocycles. The third-order valence-electron chi connectivity index (χ3n) is 4.52. The molecule has 0 unspecified atom stereocenters. The fourth-order valence-corrected chi connectivity index (χ4v) is 3.51. The number of hydrogen-bond donors (Lipinski definition) is 3. The average Bonchev–Trinajstić information content (AvgIpc) is 2.89. The van der Waals surface area contributed by atoms with Crippen molar-refractivity contribution in [2.45, 2.75) is 12.5 Å². The fraction of sp³-hybridized carbons (Fsp3) is 0.300. The molecule has 1 aliphatic heterocycles. The van der Waals surface area contributed by atoms with Crippen LogP contribution in [-0.4, -0.2) is 36.7 Å². The number of benzene rings is 2. The van der Waals surface area contributed by atoms with Gasteiger partial charge in [0, 0.05) is 31.1 Å². The smallest absolute Gasteiger partial charge is 0.335 e. The highest BCUT2D eigenvalue weighted by Gasteiger charge is 2.28. The number of amides is 1. The SMILES string of the molecule is Cl.O=C(C[C@@H]1CNCCO[C@H]1c1ccc(Cl)c(Cl)c1)Nc1cccc(C(=O)O)c1. The summed E-state index contributed by atoms with van der Waals surface area (Å²) in [5.74, 6) is -1.38. The highest BCUT2D eigenvalue weighted by Crippen LogP contribution is 2.33. The van der Waals surface area contributed by atoms with E-state index in [1.165, 1.54) is 12.1 Å². The molecule has 1 fully saturated rings. The Bertz CT molecular complexity index is 879. The number of anilines is 1. The maximum atomic E-state index is 12.6. The summed E-state index contributed by atoms with van der Waals surface area (Å²) >= 11 is 12.2. The van der Waals surface area contributed by atoms with Gasteiger partial charge in [-0.05, 0) is 35.9 Å². The third-order valence-corrected chi connectivity index (χ3v) is 5.26. The number of aromatic carboxylic acids is 1. The van der Waals surface area contributed by atoms with Crippen molar-refractivity contribution in [3.8, 4) is 0 Å². The first-order valence-electron chi connectivity index (χ1n) is 8.84. The van der Waals surface area contributed by atoms with Gasteiger partial charge in [0.25, 0.3) is 0 Å². The van der Waals surface area contributed by atoms with Gasteiger partial charge in [-0.2, -0.15) is 0 Å². The lowest BCUT2D eigenvalue weighted by molar-refractivity contribution is -0.118. The summed E-state index contributed by atoms with van der Waals surface area (Å²) in [7, 11) is 0. The van der Waals surface area contributed by atoms with Gasteiger partial charge in [0.15, 0.2) is 0 Å². The van der Waals surface area contributed by atoms with Crippen molar-refractivity contribution in [2.75, 3.05) is 25.0 Å². The standard InChI is InChI=1S/C20H20Cl2N2O4.ClH/c21-16-5-4-12(9-17(16)22)19-14(11-23-6-7-28-19)10-18(25)24-15-3-1-2-13(8-15)20(26)27;/h1-5,8-9,14,19,23H,6-7,10-11H2,(H,24,25)(H,26,27);1H/t14-,19+;/m1./s1. The van der Waals surface area contributed by atoms with Crippen LogP contribution in [0.15, 0.2) is 42.5 Å². The molecule has 1 amide bonds. The predicted molar refractivity (Wildman–Crippen MR) is 115 cm³/mol. The van der Waals surface area contributed by atoms with Gasteiger partial charge in [0.1, 0.15) is 0 Å². The molecule has 156 valence electrons. The lowest BCUT2D eigenvalue weighted by Gasteiger charge is -2.25. The van der Waals surface area contributed by atoms with Crippen LogP contribution in [0.2, 0.25) is 10.0 Å². The molecule has 2 atom stereocenters. The van der Waals surface area contributed by atoms with Crippen LogP contribution in [0.3, 0.4) is 0 Å². The highest BCUT2D eigenvalue weighted by atomic mass is 35.5. The molecule has 0 aromatic heterocycles. The molecule has 2 aromatic rings. The van der Waals surface area contributed by atoms with Crippen molar-refractivity contribution >= 4 is 53.2 Å². The number of carbonyl (C=O) groups is 2. The summed E-state index contributed by atoms with van der Waals surface area (Å²) in [6, 6.07) is 11.5. The van der Waals surface area contributed by atoms with Crippen molar-refractivity contribution in [1.82, 2.24) is 5.32 Å². The van der Waals surface area contributed by atoms with Crippen LogP contribution in [0.5, 0.6) is 0 Å². The molecule has 6 nitrogen and oxygen atoms in total. The van der Waals surface area contributed by atoms with Gasteiger partial charge < -0.3 is 20.5 Å². The quantitative estimate of drug-likeness (QED) is 0.616. The van der Waals surface area contributed by atoms with Crippen LogP contribution in [0, 0.1) is 5.92 Å². The molecule has 0 aliphatic carbocycles. The zero-order valence-corrected chi connectivity index (χ0v) is 17.7. The van der Waals surface area contributed by atoms with Gasteiger partial charge in [0.05, 0.1) is 28.3 Å². The minimum absolute atomic E-state index is 0. The van der Waals surface area contributed by atoms with Gasteiger partial charge in [-0.25, -0.2) is 4.79 Å². The molecular weight excluding hydrogens is 439 g/mol. The number of nitrogens with one attached hydrogen (secondary N) is 2.